The minimum absolute atomic E-state index is 0.142. The number of benzene rings is 2. The van der Waals surface area contributed by atoms with Gasteiger partial charge in [0.05, 0.1) is 5.56 Å². The molecule has 3 heterocycles. The van der Waals surface area contributed by atoms with Crippen molar-refractivity contribution < 1.29 is 18.5 Å². The summed E-state index contributed by atoms with van der Waals surface area (Å²) < 4.78 is 17.0. The number of aromatic nitrogens is 3. The van der Waals surface area contributed by atoms with Crippen LogP contribution in [0, 0.1) is 12.8 Å². The number of rotatable bonds is 7. The first-order valence-corrected chi connectivity index (χ1v) is 11.0. The maximum atomic E-state index is 13.2. The van der Waals surface area contributed by atoms with E-state index in [1.54, 1.807) is 6.92 Å². The van der Waals surface area contributed by atoms with Crippen LogP contribution in [0.25, 0.3) is 11.5 Å². The highest BCUT2D eigenvalue weighted by Gasteiger charge is 2.32. The van der Waals surface area contributed by atoms with E-state index in [-0.39, 0.29) is 18.4 Å². The average Bonchev–Trinajstić information content (AvgIpc) is 3.59. The predicted molar refractivity (Wildman–Crippen MR) is 119 cm³/mol. The van der Waals surface area contributed by atoms with Crippen molar-refractivity contribution in [3.05, 3.63) is 83.6 Å². The zero-order valence-electron chi connectivity index (χ0n) is 18.3. The van der Waals surface area contributed by atoms with Gasteiger partial charge in [-0.05, 0) is 43.5 Å². The van der Waals surface area contributed by atoms with Gasteiger partial charge in [-0.2, -0.15) is 0 Å². The quantitative estimate of drug-likeness (QED) is 0.419. The molecule has 1 unspecified atom stereocenters. The molecule has 4 aromatic rings. The number of nitrogens with zero attached hydrogens (tertiary/aromatic N) is 4. The number of aryl methyl sites for hydroxylation is 1. The Balaban J connectivity index is 1.21. The first-order valence-electron chi connectivity index (χ1n) is 11.0. The van der Waals surface area contributed by atoms with E-state index in [0.717, 1.165) is 17.7 Å². The van der Waals surface area contributed by atoms with E-state index in [4.69, 9.17) is 13.7 Å². The molecule has 1 aliphatic rings. The van der Waals surface area contributed by atoms with Crippen molar-refractivity contribution in [3.63, 3.8) is 0 Å². The monoisotopic (exact) mass is 444 g/mol. The first-order chi connectivity index (χ1) is 16.2. The molecule has 1 aliphatic heterocycles. The summed E-state index contributed by atoms with van der Waals surface area (Å²) >= 11 is 0. The van der Waals surface area contributed by atoms with Gasteiger partial charge in [-0.1, -0.05) is 41.6 Å². The Hall–Kier alpha value is -3.94. The summed E-state index contributed by atoms with van der Waals surface area (Å²) in [6.45, 7) is 3.27. The van der Waals surface area contributed by atoms with Crippen LogP contribution in [0.4, 0.5) is 0 Å². The van der Waals surface area contributed by atoms with Crippen LogP contribution in [0.2, 0.25) is 0 Å². The van der Waals surface area contributed by atoms with E-state index >= 15 is 0 Å². The molecule has 8 nitrogen and oxygen atoms in total. The van der Waals surface area contributed by atoms with Gasteiger partial charge in [0.2, 0.25) is 11.8 Å². The summed E-state index contributed by atoms with van der Waals surface area (Å²) in [5.74, 6) is 2.52. The highest BCUT2D eigenvalue weighted by atomic mass is 16.5. The number of hydrogen-bond donors (Lipinski definition) is 0. The summed E-state index contributed by atoms with van der Waals surface area (Å²) in [6.07, 6.45) is 1.49. The van der Waals surface area contributed by atoms with Gasteiger partial charge in [0.25, 0.3) is 5.91 Å². The summed E-state index contributed by atoms with van der Waals surface area (Å²) in [7, 11) is 0. The Bertz CT molecular complexity index is 1220. The number of ether oxygens (including phenoxy) is 1. The van der Waals surface area contributed by atoms with Crippen molar-refractivity contribution in [3.8, 4) is 17.2 Å². The van der Waals surface area contributed by atoms with E-state index in [1.165, 1.54) is 0 Å². The first kappa shape index (κ1) is 20.9. The second kappa shape index (κ2) is 9.28. The molecule has 2 aromatic heterocycles. The third-order valence-electron chi connectivity index (χ3n) is 5.84. The molecule has 1 saturated heterocycles. The van der Waals surface area contributed by atoms with E-state index in [0.29, 0.717) is 48.3 Å². The fourth-order valence-electron chi connectivity index (χ4n) is 4.02. The molecule has 2 aromatic carbocycles. The summed E-state index contributed by atoms with van der Waals surface area (Å²) in [5.41, 5.74) is 1.89. The molecule has 1 atom stereocenters. The second-order valence-corrected chi connectivity index (χ2v) is 8.14. The molecule has 0 radical (unpaired) electrons. The van der Waals surface area contributed by atoms with Crippen molar-refractivity contribution in [2.24, 2.45) is 5.92 Å². The largest absolute Gasteiger partial charge is 0.489 e. The van der Waals surface area contributed by atoms with Crippen molar-refractivity contribution in [2.45, 2.75) is 26.4 Å². The third-order valence-corrected chi connectivity index (χ3v) is 5.84. The summed E-state index contributed by atoms with van der Waals surface area (Å²) in [6, 6.07) is 19.2. The SMILES string of the molecule is Cc1onc(C(=O)N2CCC(Cc3nnc(-c4ccccc4)o3)C2)c1COc1ccccc1. The molecule has 1 fully saturated rings. The minimum atomic E-state index is -0.142. The lowest BCUT2D eigenvalue weighted by atomic mass is 10.1. The number of carbonyl (C=O) groups is 1. The van der Waals surface area contributed by atoms with Gasteiger partial charge < -0.3 is 18.6 Å². The van der Waals surface area contributed by atoms with Gasteiger partial charge in [0, 0.05) is 25.1 Å². The van der Waals surface area contributed by atoms with Crippen LogP contribution in [0.15, 0.2) is 69.6 Å². The Morgan fingerprint density at radius 2 is 1.85 bits per heavy atom. The van der Waals surface area contributed by atoms with Gasteiger partial charge in [-0.25, -0.2) is 0 Å². The molecule has 0 aliphatic carbocycles. The Morgan fingerprint density at radius 1 is 1.09 bits per heavy atom. The van der Waals surface area contributed by atoms with Crippen molar-refractivity contribution in [2.75, 3.05) is 13.1 Å². The number of carbonyl (C=O) groups excluding carboxylic acids is 1. The third kappa shape index (κ3) is 4.64. The van der Waals surface area contributed by atoms with E-state index in [2.05, 4.69) is 15.4 Å². The number of para-hydroxylation sites is 1. The smallest absolute Gasteiger partial charge is 0.276 e. The number of likely N-dealkylation sites (tertiary alicyclic amines) is 1. The predicted octanol–water partition coefficient (Wildman–Crippen LogP) is 4.32. The Labute approximate surface area is 191 Å². The number of amides is 1. The lowest BCUT2D eigenvalue weighted by Crippen LogP contribution is -2.30. The Kier molecular flexibility index (Phi) is 5.89. The maximum Gasteiger partial charge on any atom is 0.276 e. The standard InChI is InChI=1S/C25H24N4O4/c1-17-21(16-31-20-10-6-3-7-11-20)23(28-33-17)25(30)29-13-12-18(15-29)14-22-26-27-24(32-22)19-8-4-2-5-9-19/h2-11,18H,12-16H2,1H3. The molecule has 0 N–H and O–H groups in total. The lowest BCUT2D eigenvalue weighted by molar-refractivity contribution is 0.0774. The van der Waals surface area contributed by atoms with Crippen molar-refractivity contribution >= 4 is 5.91 Å². The van der Waals surface area contributed by atoms with E-state index < -0.39 is 0 Å². The molecule has 0 bridgehead atoms. The topological polar surface area (TPSA) is 94.5 Å². The molecular formula is C25H24N4O4. The summed E-state index contributed by atoms with van der Waals surface area (Å²) in [5, 5.41) is 12.4. The van der Waals surface area contributed by atoms with Crippen LogP contribution in [0.5, 0.6) is 5.75 Å². The van der Waals surface area contributed by atoms with E-state index in [9.17, 15) is 4.79 Å². The average molecular weight is 444 g/mol. The van der Waals surface area contributed by atoms with Gasteiger partial charge >= 0.3 is 0 Å². The van der Waals surface area contributed by atoms with Crippen LogP contribution in [-0.2, 0) is 13.0 Å². The zero-order chi connectivity index (χ0) is 22.6. The van der Waals surface area contributed by atoms with Crippen LogP contribution >= 0.6 is 0 Å². The maximum absolute atomic E-state index is 13.2. The molecule has 0 saturated carbocycles. The highest BCUT2D eigenvalue weighted by Crippen LogP contribution is 2.26. The number of hydrogen-bond acceptors (Lipinski definition) is 7. The molecule has 33 heavy (non-hydrogen) atoms. The van der Waals surface area contributed by atoms with Crippen LogP contribution < -0.4 is 4.74 Å². The van der Waals surface area contributed by atoms with Gasteiger partial charge in [0.15, 0.2) is 5.69 Å². The van der Waals surface area contributed by atoms with Gasteiger partial charge in [-0.15, -0.1) is 10.2 Å². The van der Waals surface area contributed by atoms with Crippen LogP contribution in [-0.4, -0.2) is 39.3 Å². The fraction of sp³-hybridized carbons (Fsp3) is 0.280. The molecule has 168 valence electrons. The fourth-order valence-corrected chi connectivity index (χ4v) is 4.02. The minimum Gasteiger partial charge on any atom is -0.489 e. The molecular weight excluding hydrogens is 420 g/mol. The van der Waals surface area contributed by atoms with Crippen molar-refractivity contribution in [1.82, 2.24) is 20.3 Å². The molecule has 1 amide bonds. The second-order valence-electron chi connectivity index (χ2n) is 8.14. The van der Waals surface area contributed by atoms with E-state index in [1.807, 2.05) is 65.6 Å². The Morgan fingerprint density at radius 3 is 2.64 bits per heavy atom. The molecule has 5 rings (SSSR count). The molecule has 0 spiro atoms. The van der Waals surface area contributed by atoms with Gasteiger partial charge in [0.1, 0.15) is 18.1 Å². The summed E-state index contributed by atoms with van der Waals surface area (Å²) in [4.78, 5) is 15.0. The lowest BCUT2D eigenvalue weighted by Gasteiger charge is -2.15. The normalized spacial score (nSPS) is 15.7. The van der Waals surface area contributed by atoms with Crippen LogP contribution in [0.3, 0.4) is 0 Å². The molecule has 8 heteroatoms. The zero-order valence-corrected chi connectivity index (χ0v) is 18.3. The highest BCUT2D eigenvalue weighted by molar-refractivity contribution is 5.94. The van der Waals surface area contributed by atoms with Crippen LogP contribution in [0.1, 0.15) is 34.1 Å². The van der Waals surface area contributed by atoms with Gasteiger partial charge in [-0.3, -0.25) is 4.79 Å². The van der Waals surface area contributed by atoms with Crippen molar-refractivity contribution in [1.29, 1.82) is 0 Å².